The van der Waals surface area contributed by atoms with Crippen LogP contribution in [0.1, 0.15) is 22.3 Å². The first-order chi connectivity index (χ1) is 10.2. The molecule has 21 heavy (non-hydrogen) atoms. The molecule has 0 spiro atoms. The van der Waals surface area contributed by atoms with Crippen molar-refractivity contribution in [2.24, 2.45) is 0 Å². The lowest BCUT2D eigenvalue weighted by atomic mass is 10.1. The minimum absolute atomic E-state index is 0.0474. The zero-order valence-corrected chi connectivity index (χ0v) is 11.0. The fourth-order valence-electron chi connectivity index (χ4n) is 1.55. The Bertz CT molecular complexity index is 693. The summed E-state index contributed by atoms with van der Waals surface area (Å²) in [6, 6.07) is 7.15. The molecule has 5 nitrogen and oxygen atoms in total. The lowest BCUT2D eigenvalue weighted by Gasteiger charge is -2.05. The Balaban J connectivity index is 2.20. The third-order valence-electron chi connectivity index (χ3n) is 2.49. The summed E-state index contributed by atoms with van der Waals surface area (Å²) in [6.07, 6.45) is 1.78. The zero-order valence-electron chi connectivity index (χ0n) is 11.0. The SMILES string of the molecule is O=C(Nc1cccnn1)c1cc(C#CCCO)ccc1F. The van der Waals surface area contributed by atoms with Gasteiger partial charge in [0.2, 0.25) is 0 Å². The van der Waals surface area contributed by atoms with Gasteiger partial charge in [-0.25, -0.2) is 4.39 Å². The van der Waals surface area contributed by atoms with Crippen molar-refractivity contribution >= 4 is 11.7 Å². The van der Waals surface area contributed by atoms with E-state index in [1.807, 2.05) is 0 Å². The maximum absolute atomic E-state index is 13.7. The second-order valence-corrected chi connectivity index (χ2v) is 4.03. The topological polar surface area (TPSA) is 75.1 Å². The number of rotatable bonds is 3. The Hall–Kier alpha value is -2.78. The third-order valence-corrected chi connectivity index (χ3v) is 2.49. The van der Waals surface area contributed by atoms with Crippen molar-refractivity contribution in [2.45, 2.75) is 6.42 Å². The summed E-state index contributed by atoms with van der Waals surface area (Å²) in [7, 11) is 0. The highest BCUT2D eigenvalue weighted by Crippen LogP contribution is 2.12. The van der Waals surface area contributed by atoms with Crippen LogP contribution in [0.25, 0.3) is 0 Å². The Kier molecular flexibility index (Phi) is 4.96. The van der Waals surface area contributed by atoms with Crippen LogP contribution in [-0.2, 0) is 0 Å². The number of halogens is 1. The normalized spacial score (nSPS) is 9.62. The highest BCUT2D eigenvalue weighted by Gasteiger charge is 2.13. The fourth-order valence-corrected chi connectivity index (χ4v) is 1.55. The number of anilines is 1. The monoisotopic (exact) mass is 285 g/mol. The highest BCUT2D eigenvalue weighted by molar-refractivity contribution is 6.04. The van der Waals surface area contributed by atoms with E-state index in [1.165, 1.54) is 24.4 Å². The molecular formula is C15H12FN3O2. The minimum atomic E-state index is -0.649. The molecule has 2 N–H and O–H groups in total. The van der Waals surface area contributed by atoms with Crippen LogP contribution in [0, 0.1) is 17.7 Å². The number of nitrogens with zero attached hydrogens (tertiary/aromatic N) is 2. The highest BCUT2D eigenvalue weighted by atomic mass is 19.1. The van der Waals surface area contributed by atoms with Gasteiger partial charge < -0.3 is 10.4 Å². The quantitative estimate of drug-likeness (QED) is 0.840. The van der Waals surface area contributed by atoms with Gasteiger partial charge >= 0.3 is 0 Å². The molecule has 2 aromatic rings. The summed E-state index contributed by atoms with van der Waals surface area (Å²) in [6.45, 7) is -0.0474. The molecule has 1 amide bonds. The summed E-state index contributed by atoms with van der Waals surface area (Å²) in [5.74, 6) is 4.42. The van der Waals surface area contributed by atoms with Crippen LogP contribution in [0.3, 0.4) is 0 Å². The van der Waals surface area contributed by atoms with Crippen LogP contribution in [0.4, 0.5) is 10.2 Å². The van der Waals surface area contributed by atoms with Crippen molar-refractivity contribution in [1.82, 2.24) is 10.2 Å². The number of carbonyl (C=O) groups is 1. The third kappa shape index (κ3) is 4.09. The van der Waals surface area contributed by atoms with Crippen LogP contribution in [0.15, 0.2) is 36.5 Å². The molecule has 1 aromatic carbocycles. The van der Waals surface area contributed by atoms with E-state index in [4.69, 9.17) is 5.11 Å². The Morgan fingerprint density at radius 1 is 1.38 bits per heavy atom. The van der Waals surface area contributed by atoms with Crippen molar-refractivity contribution in [3.63, 3.8) is 0 Å². The van der Waals surface area contributed by atoms with E-state index in [0.29, 0.717) is 12.0 Å². The lowest BCUT2D eigenvalue weighted by molar-refractivity contribution is 0.102. The first-order valence-electron chi connectivity index (χ1n) is 6.19. The molecule has 0 aliphatic rings. The molecule has 0 aliphatic carbocycles. The Labute approximate surface area is 120 Å². The number of aliphatic hydroxyl groups is 1. The maximum Gasteiger partial charge on any atom is 0.259 e. The number of amides is 1. The van der Waals surface area contributed by atoms with Gasteiger partial charge in [-0.15, -0.1) is 5.10 Å². The fraction of sp³-hybridized carbons (Fsp3) is 0.133. The van der Waals surface area contributed by atoms with Gasteiger partial charge in [-0.2, -0.15) is 5.10 Å². The average Bonchev–Trinajstić information content (AvgIpc) is 2.50. The predicted octanol–water partition coefficient (Wildman–Crippen LogP) is 1.60. The molecule has 0 aliphatic heterocycles. The largest absolute Gasteiger partial charge is 0.395 e. The standard InChI is InChI=1S/C15H12FN3O2/c16-13-7-6-11(4-1-2-9-20)10-12(13)15(21)18-14-5-3-8-17-19-14/h3,5-8,10,20H,2,9H2,(H,18,19,21). The summed E-state index contributed by atoms with van der Waals surface area (Å²) >= 11 is 0. The number of nitrogens with one attached hydrogen (secondary N) is 1. The molecular weight excluding hydrogens is 273 g/mol. The lowest BCUT2D eigenvalue weighted by Crippen LogP contribution is -2.15. The van der Waals surface area contributed by atoms with E-state index in [-0.39, 0.29) is 18.0 Å². The van der Waals surface area contributed by atoms with Crippen LogP contribution >= 0.6 is 0 Å². The second kappa shape index (κ2) is 7.12. The van der Waals surface area contributed by atoms with E-state index >= 15 is 0 Å². The molecule has 0 radical (unpaired) electrons. The van der Waals surface area contributed by atoms with E-state index in [0.717, 1.165) is 0 Å². The van der Waals surface area contributed by atoms with Gasteiger partial charge in [0.05, 0.1) is 12.2 Å². The van der Waals surface area contributed by atoms with Crippen LogP contribution < -0.4 is 5.32 Å². The van der Waals surface area contributed by atoms with Gasteiger partial charge in [-0.05, 0) is 30.3 Å². The molecule has 0 saturated carbocycles. The smallest absolute Gasteiger partial charge is 0.259 e. The summed E-state index contributed by atoms with van der Waals surface area (Å²) in [5.41, 5.74) is 0.366. The Morgan fingerprint density at radius 2 is 2.24 bits per heavy atom. The molecule has 0 atom stereocenters. The first-order valence-corrected chi connectivity index (χ1v) is 6.19. The summed E-state index contributed by atoms with van der Waals surface area (Å²) in [5, 5.41) is 18.4. The van der Waals surface area contributed by atoms with Crippen molar-refractivity contribution in [3.8, 4) is 11.8 Å². The molecule has 0 fully saturated rings. The van der Waals surface area contributed by atoms with Gasteiger partial charge in [0.25, 0.3) is 5.91 Å². The molecule has 0 unspecified atom stereocenters. The number of hydrogen-bond donors (Lipinski definition) is 2. The van der Waals surface area contributed by atoms with Crippen LogP contribution in [0.2, 0.25) is 0 Å². The summed E-state index contributed by atoms with van der Waals surface area (Å²) in [4.78, 5) is 12.0. The van der Waals surface area contributed by atoms with Gasteiger partial charge in [0.15, 0.2) is 5.82 Å². The van der Waals surface area contributed by atoms with E-state index in [2.05, 4.69) is 27.4 Å². The number of benzene rings is 1. The number of aromatic nitrogens is 2. The Morgan fingerprint density at radius 3 is 2.95 bits per heavy atom. The van der Waals surface area contributed by atoms with Crippen molar-refractivity contribution in [1.29, 1.82) is 0 Å². The van der Waals surface area contributed by atoms with Crippen LogP contribution in [0.5, 0.6) is 0 Å². The van der Waals surface area contributed by atoms with Gasteiger partial charge in [-0.1, -0.05) is 11.8 Å². The predicted molar refractivity (Wildman–Crippen MR) is 75.0 cm³/mol. The molecule has 1 aromatic heterocycles. The van der Waals surface area contributed by atoms with E-state index in [1.54, 1.807) is 12.1 Å². The maximum atomic E-state index is 13.7. The van der Waals surface area contributed by atoms with Crippen molar-refractivity contribution in [2.75, 3.05) is 11.9 Å². The number of carbonyl (C=O) groups excluding carboxylic acids is 1. The van der Waals surface area contributed by atoms with E-state index < -0.39 is 11.7 Å². The number of hydrogen-bond acceptors (Lipinski definition) is 4. The van der Waals surface area contributed by atoms with Crippen LogP contribution in [-0.4, -0.2) is 27.8 Å². The molecule has 0 bridgehead atoms. The van der Waals surface area contributed by atoms with Gasteiger partial charge in [-0.3, -0.25) is 4.79 Å². The van der Waals surface area contributed by atoms with Gasteiger partial charge in [0.1, 0.15) is 5.82 Å². The number of aliphatic hydroxyl groups excluding tert-OH is 1. The zero-order chi connectivity index (χ0) is 15.1. The average molecular weight is 285 g/mol. The molecule has 6 heteroatoms. The molecule has 1 heterocycles. The van der Waals surface area contributed by atoms with Crippen molar-refractivity contribution < 1.29 is 14.3 Å². The van der Waals surface area contributed by atoms with Gasteiger partial charge in [0, 0.05) is 18.2 Å². The minimum Gasteiger partial charge on any atom is -0.395 e. The molecule has 0 saturated heterocycles. The first kappa shape index (κ1) is 14.6. The summed E-state index contributed by atoms with van der Waals surface area (Å²) < 4.78 is 13.7. The molecule has 2 rings (SSSR count). The van der Waals surface area contributed by atoms with E-state index in [9.17, 15) is 9.18 Å². The molecule has 106 valence electrons. The second-order valence-electron chi connectivity index (χ2n) is 4.03. The van der Waals surface area contributed by atoms with Crippen molar-refractivity contribution in [3.05, 3.63) is 53.5 Å².